The second kappa shape index (κ2) is 5.41. The number of amides is 1. The van der Waals surface area contributed by atoms with Crippen molar-refractivity contribution in [3.63, 3.8) is 0 Å². The highest BCUT2D eigenvalue weighted by Gasteiger charge is 2.21. The molecule has 0 bridgehead atoms. The summed E-state index contributed by atoms with van der Waals surface area (Å²) in [4.78, 5) is 14.3. The van der Waals surface area contributed by atoms with Crippen molar-refractivity contribution >= 4 is 17.2 Å². The van der Waals surface area contributed by atoms with Gasteiger partial charge in [0.2, 0.25) is 5.91 Å². The van der Waals surface area contributed by atoms with Crippen molar-refractivity contribution in [3.05, 3.63) is 21.9 Å². The maximum absolute atomic E-state index is 11.6. The summed E-state index contributed by atoms with van der Waals surface area (Å²) in [6, 6.07) is 4.35. The third-order valence-electron chi connectivity index (χ3n) is 3.21. The zero-order chi connectivity index (χ0) is 13.2. The van der Waals surface area contributed by atoms with E-state index in [1.165, 1.54) is 9.75 Å². The van der Waals surface area contributed by atoms with E-state index in [9.17, 15) is 4.79 Å². The smallest absolute Gasteiger partial charge is 0.237 e. The van der Waals surface area contributed by atoms with Crippen molar-refractivity contribution in [2.24, 2.45) is 0 Å². The molecule has 1 aromatic rings. The minimum atomic E-state index is -0.0149. The van der Waals surface area contributed by atoms with Gasteiger partial charge in [0.25, 0.3) is 0 Å². The Morgan fingerprint density at radius 2 is 2.22 bits per heavy atom. The van der Waals surface area contributed by atoms with Crippen LogP contribution < -0.4 is 10.6 Å². The number of carbonyl (C=O) groups excluding carboxylic acids is 1. The fraction of sp³-hybridized carbons (Fsp3) is 0.643. The first-order valence-electron chi connectivity index (χ1n) is 6.57. The number of carbonyl (C=O) groups is 1. The van der Waals surface area contributed by atoms with Gasteiger partial charge in [0.15, 0.2) is 0 Å². The van der Waals surface area contributed by atoms with E-state index in [1.54, 1.807) is 0 Å². The van der Waals surface area contributed by atoms with Gasteiger partial charge in [-0.15, -0.1) is 11.3 Å². The number of piperidine rings is 1. The highest BCUT2D eigenvalue weighted by Crippen LogP contribution is 2.29. The molecule has 1 unspecified atom stereocenters. The lowest BCUT2D eigenvalue weighted by atomic mass is 9.95. The monoisotopic (exact) mass is 266 g/mol. The van der Waals surface area contributed by atoms with Crippen molar-refractivity contribution in [2.45, 2.75) is 51.6 Å². The van der Waals surface area contributed by atoms with Crippen LogP contribution in [0.2, 0.25) is 0 Å². The van der Waals surface area contributed by atoms with Gasteiger partial charge in [0, 0.05) is 22.8 Å². The molecule has 1 fully saturated rings. The molecule has 3 nitrogen and oxygen atoms in total. The molecule has 2 rings (SSSR count). The number of hydrogen-bond acceptors (Lipinski definition) is 3. The molecule has 1 amide bonds. The van der Waals surface area contributed by atoms with Gasteiger partial charge >= 0.3 is 0 Å². The van der Waals surface area contributed by atoms with E-state index < -0.39 is 0 Å². The van der Waals surface area contributed by atoms with Crippen LogP contribution in [0.25, 0.3) is 0 Å². The average molecular weight is 266 g/mol. The van der Waals surface area contributed by atoms with Gasteiger partial charge in [-0.2, -0.15) is 0 Å². The third kappa shape index (κ3) is 3.33. The van der Waals surface area contributed by atoms with Crippen molar-refractivity contribution in [3.8, 4) is 0 Å². The third-order valence-corrected chi connectivity index (χ3v) is 4.72. The van der Waals surface area contributed by atoms with Crippen LogP contribution in [0.1, 0.15) is 43.4 Å². The van der Waals surface area contributed by atoms with Crippen LogP contribution in [0, 0.1) is 0 Å². The molecule has 2 N–H and O–H groups in total. The van der Waals surface area contributed by atoms with Gasteiger partial charge in [-0.3, -0.25) is 4.79 Å². The predicted molar refractivity (Wildman–Crippen MR) is 75.9 cm³/mol. The van der Waals surface area contributed by atoms with E-state index in [1.807, 2.05) is 11.3 Å². The molecule has 100 valence electrons. The van der Waals surface area contributed by atoms with Crippen LogP contribution in [0.3, 0.4) is 0 Å². The molecule has 2 heterocycles. The quantitative estimate of drug-likeness (QED) is 0.882. The first-order chi connectivity index (χ1) is 8.47. The molecule has 0 radical (unpaired) electrons. The summed E-state index contributed by atoms with van der Waals surface area (Å²) >= 11 is 1.84. The van der Waals surface area contributed by atoms with E-state index in [4.69, 9.17) is 0 Å². The summed E-state index contributed by atoms with van der Waals surface area (Å²) < 4.78 is 0. The minimum absolute atomic E-state index is 0.0149. The fourth-order valence-electron chi connectivity index (χ4n) is 2.07. The molecule has 18 heavy (non-hydrogen) atoms. The largest absolute Gasteiger partial charge is 0.355 e. The van der Waals surface area contributed by atoms with Crippen molar-refractivity contribution in [1.29, 1.82) is 0 Å². The standard InChI is InChI=1S/C14H22N2OS/c1-14(2,3)12-7-6-10(18-12)9-16-11-5-4-8-15-13(11)17/h6-7,11,16H,4-5,8-9H2,1-3H3,(H,15,17). The zero-order valence-electron chi connectivity index (χ0n) is 11.4. The molecule has 4 heteroatoms. The van der Waals surface area contributed by atoms with Gasteiger partial charge in [0.1, 0.15) is 0 Å². The van der Waals surface area contributed by atoms with E-state index >= 15 is 0 Å². The summed E-state index contributed by atoms with van der Waals surface area (Å²) in [5.74, 6) is 0.147. The Bertz CT molecular complexity index is 420. The molecule has 0 saturated carbocycles. The summed E-state index contributed by atoms with van der Waals surface area (Å²) in [5.41, 5.74) is 0.213. The Labute approximate surface area is 113 Å². The lowest BCUT2D eigenvalue weighted by molar-refractivity contribution is -0.124. The highest BCUT2D eigenvalue weighted by molar-refractivity contribution is 7.12. The number of nitrogens with one attached hydrogen (secondary N) is 2. The van der Waals surface area contributed by atoms with Gasteiger partial charge in [0.05, 0.1) is 6.04 Å². The zero-order valence-corrected chi connectivity index (χ0v) is 12.2. The Morgan fingerprint density at radius 1 is 1.44 bits per heavy atom. The molecule has 1 saturated heterocycles. The van der Waals surface area contributed by atoms with Gasteiger partial charge in [-0.05, 0) is 30.4 Å². The molecular formula is C14H22N2OS. The maximum Gasteiger partial charge on any atom is 0.237 e. The van der Waals surface area contributed by atoms with Crippen LogP contribution in [0.4, 0.5) is 0 Å². The summed E-state index contributed by atoms with van der Waals surface area (Å²) in [6.45, 7) is 8.29. The molecule has 1 aliphatic rings. The Morgan fingerprint density at radius 3 is 2.83 bits per heavy atom. The number of rotatable bonds is 3. The average Bonchev–Trinajstić information content (AvgIpc) is 2.76. The molecule has 0 aliphatic carbocycles. The second-order valence-electron chi connectivity index (χ2n) is 5.88. The molecular weight excluding hydrogens is 244 g/mol. The minimum Gasteiger partial charge on any atom is -0.355 e. The number of hydrogen-bond donors (Lipinski definition) is 2. The van der Waals surface area contributed by atoms with E-state index in [0.717, 1.165) is 25.9 Å². The van der Waals surface area contributed by atoms with Gasteiger partial charge in [-0.25, -0.2) is 0 Å². The van der Waals surface area contributed by atoms with Crippen molar-refractivity contribution in [1.82, 2.24) is 10.6 Å². The number of thiophene rings is 1. The van der Waals surface area contributed by atoms with Gasteiger partial charge in [-0.1, -0.05) is 20.8 Å². The molecule has 0 spiro atoms. The molecule has 1 aliphatic heterocycles. The van der Waals surface area contributed by atoms with Crippen molar-refractivity contribution in [2.75, 3.05) is 6.54 Å². The van der Waals surface area contributed by atoms with E-state index in [0.29, 0.717) is 0 Å². The molecule has 1 atom stereocenters. The fourth-order valence-corrected chi connectivity index (χ4v) is 3.08. The van der Waals surface area contributed by atoms with Crippen LogP contribution in [-0.2, 0) is 16.8 Å². The maximum atomic E-state index is 11.6. The van der Waals surface area contributed by atoms with Gasteiger partial charge < -0.3 is 10.6 Å². The first kappa shape index (κ1) is 13.6. The van der Waals surface area contributed by atoms with E-state index in [2.05, 4.69) is 43.5 Å². The van der Waals surface area contributed by atoms with Crippen LogP contribution in [-0.4, -0.2) is 18.5 Å². The Hall–Kier alpha value is -0.870. The SMILES string of the molecule is CC(C)(C)c1ccc(CNC2CCCNC2=O)s1. The summed E-state index contributed by atoms with van der Waals surface area (Å²) in [7, 11) is 0. The lowest BCUT2D eigenvalue weighted by Crippen LogP contribution is -2.47. The summed E-state index contributed by atoms with van der Waals surface area (Å²) in [5, 5.41) is 6.25. The Kier molecular flexibility index (Phi) is 4.07. The second-order valence-corrected chi connectivity index (χ2v) is 7.05. The van der Waals surface area contributed by atoms with Crippen molar-refractivity contribution < 1.29 is 4.79 Å². The lowest BCUT2D eigenvalue weighted by Gasteiger charge is -2.22. The normalized spacial score (nSPS) is 20.8. The topological polar surface area (TPSA) is 41.1 Å². The molecule has 1 aromatic heterocycles. The summed E-state index contributed by atoms with van der Waals surface area (Å²) in [6.07, 6.45) is 2.02. The molecule has 0 aromatic carbocycles. The van der Waals surface area contributed by atoms with Crippen LogP contribution >= 0.6 is 11.3 Å². The first-order valence-corrected chi connectivity index (χ1v) is 7.39. The van der Waals surface area contributed by atoms with Crippen LogP contribution in [0.5, 0.6) is 0 Å². The Balaban J connectivity index is 1.90. The van der Waals surface area contributed by atoms with Crippen LogP contribution in [0.15, 0.2) is 12.1 Å². The highest BCUT2D eigenvalue weighted by atomic mass is 32.1. The van der Waals surface area contributed by atoms with E-state index in [-0.39, 0.29) is 17.4 Å². The predicted octanol–water partition coefficient (Wildman–Crippen LogP) is 2.41.